The van der Waals surface area contributed by atoms with Gasteiger partial charge in [0.15, 0.2) is 0 Å². The van der Waals surface area contributed by atoms with Crippen molar-refractivity contribution in [1.82, 2.24) is 15.1 Å². The molecule has 0 spiro atoms. The van der Waals surface area contributed by atoms with Crippen LogP contribution >= 0.6 is 0 Å². The second-order valence-electron chi connectivity index (χ2n) is 5.24. The van der Waals surface area contributed by atoms with Crippen LogP contribution in [0.2, 0.25) is 0 Å². The van der Waals surface area contributed by atoms with Crippen molar-refractivity contribution >= 4 is 5.97 Å². The molecule has 0 bridgehead atoms. The van der Waals surface area contributed by atoms with Gasteiger partial charge in [-0.1, -0.05) is 30.7 Å². The summed E-state index contributed by atoms with van der Waals surface area (Å²) in [6.45, 7) is 5.48. The molecule has 2 rings (SSSR count). The molecule has 1 heterocycles. The van der Waals surface area contributed by atoms with E-state index in [-0.39, 0.29) is 6.54 Å². The van der Waals surface area contributed by atoms with Crippen LogP contribution in [-0.4, -0.2) is 39.3 Å². The van der Waals surface area contributed by atoms with Gasteiger partial charge in [-0.15, -0.1) is 0 Å². The number of rotatable bonds is 7. The lowest BCUT2D eigenvalue weighted by Gasteiger charge is -2.19. The van der Waals surface area contributed by atoms with Gasteiger partial charge in [-0.2, -0.15) is 5.10 Å². The van der Waals surface area contributed by atoms with E-state index in [4.69, 9.17) is 5.11 Å². The first-order valence-corrected chi connectivity index (χ1v) is 7.13. The molecule has 0 amide bonds. The van der Waals surface area contributed by atoms with Gasteiger partial charge in [-0.05, 0) is 26.0 Å². The van der Waals surface area contributed by atoms with Gasteiger partial charge in [0.05, 0.1) is 18.4 Å². The van der Waals surface area contributed by atoms with E-state index < -0.39 is 5.97 Å². The van der Waals surface area contributed by atoms with Gasteiger partial charge in [-0.3, -0.25) is 14.8 Å². The van der Waals surface area contributed by atoms with Gasteiger partial charge in [0.2, 0.25) is 0 Å². The maximum Gasteiger partial charge on any atom is 0.317 e. The van der Waals surface area contributed by atoms with Gasteiger partial charge < -0.3 is 5.11 Å². The summed E-state index contributed by atoms with van der Waals surface area (Å²) < 4.78 is 0. The summed E-state index contributed by atoms with van der Waals surface area (Å²) in [5.41, 5.74) is 4.25. The van der Waals surface area contributed by atoms with Crippen molar-refractivity contribution in [1.29, 1.82) is 0 Å². The molecule has 0 radical (unpaired) electrons. The molecule has 21 heavy (non-hydrogen) atoms. The molecule has 0 atom stereocenters. The number of carboxylic acids is 1. The predicted octanol–water partition coefficient (Wildman–Crippen LogP) is 2.68. The lowest BCUT2D eigenvalue weighted by molar-refractivity contribution is -0.138. The molecule has 0 aliphatic heterocycles. The summed E-state index contributed by atoms with van der Waals surface area (Å²) in [7, 11) is 0. The minimum atomic E-state index is -0.802. The minimum absolute atomic E-state index is 0.0479. The summed E-state index contributed by atoms with van der Waals surface area (Å²) >= 11 is 0. The van der Waals surface area contributed by atoms with E-state index in [1.807, 2.05) is 36.9 Å². The molecule has 2 aromatic rings. The first-order valence-electron chi connectivity index (χ1n) is 7.13. The molecule has 1 aromatic heterocycles. The molecule has 0 saturated heterocycles. The molecule has 0 fully saturated rings. The summed E-state index contributed by atoms with van der Waals surface area (Å²) in [5.74, 6) is -0.802. The number of benzene rings is 1. The number of carbonyl (C=O) groups is 1. The number of aromatic nitrogens is 2. The zero-order chi connectivity index (χ0) is 15.2. The van der Waals surface area contributed by atoms with Crippen LogP contribution in [0.15, 0.2) is 30.5 Å². The summed E-state index contributed by atoms with van der Waals surface area (Å²) in [5, 5.41) is 16.1. The first kappa shape index (κ1) is 15.3. The summed E-state index contributed by atoms with van der Waals surface area (Å²) in [6.07, 6.45) is 2.70. The molecule has 1 aromatic carbocycles. The monoisotopic (exact) mass is 287 g/mol. The third kappa shape index (κ3) is 4.16. The smallest absolute Gasteiger partial charge is 0.317 e. The Labute approximate surface area is 124 Å². The van der Waals surface area contributed by atoms with E-state index in [2.05, 4.69) is 16.3 Å². The SMILES string of the molecule is CCCN(CC(=O)O)Cc1cn[nH]c1-c1cccc(C)c1. The third-order valence-corrected chi connectivity index (χ3v) is 3.32. The van der Waals surface area contributed by atoms with Crippen molar-refractivity contribution in [2.75, 3.05) is 13.1 Å². The number of hydrogen-bond acceptors (Lipinski definition) is 3. The van der Waals surface area contributed by atoms with Gasteiger partial charge in [0.1, 0.15) is 0 Å². The van der Waals surface area contributed by atoms with Crippen LogP contribution in [0.5, 0.6) is 0 Å². The van der Waals surface area contributed by atoms with E-state index in [9.17, 15) is 4.79 Å². The van der Waals surface area contributed by atoms with Gasteiger partial charge in [0, 0.05) is 17.7 Å². The average Bonchev–Trinajstić information content (AvgIpc) is 2.86. The molecule has 2 N–H and O–H groups in total. The second-order valence-corrected chi connectivity index (χ2v) is 5.24. The van der Waals surface area contributed by atoms with Crippen LogP contribution in [0.25, 0.3) is 11.3 Å². The molecule has 112 valence electrons. The average molecular weight is 287 g/mol. The van der Waals surface area contributed by atoms with Crippen molar-refractivity contribution in [3.8, 4) is 11.3 Å². The lowest BCUT2D eigenvalue weighted by atomic mass is 10.1. The van der Waals surface area contributed by atoms with Crippen molar-refractivity contribution in [3.63, 3.8) is 0 Å². The van der Waals surface area contributed by atoms with Crippen LogP contribution < -0.4 is 0 Å². The van der Waals surface area contributed by atoms with Crippen LogP contribution in [0.3, 0.4) is 0 Å². The minimum Gasteiger partial charge on any atom is -0.480 e. The fourth-order valence-electron chi connectivity index (χ4n) is 2.44. The number of nitrogens with zero attached hydrogens (tertiary/aromatic N) is 2. The highest BCUT2D eigenvalue weighted by Crippen LogP contribution is 2.23. The molecule has 0 saturated carbocycles. The molecule has 0 aliphatic carbocycles. The van der Waals surface area contributed by atoms with Crippen LogP contribution in [-0.2, 0) is 11.3 Å². The predicted molar refractivity (Wildman–Crippen MR) is 82.0 cm³/mol. The molecule has 5 heteroatoms. The second kappa shape index (κ2) is 7.04. The Morgan fingerprint density at radius 2 is 2.24 bits per heavy atom. The lowest BCUT2D eigenvalue weighted by Crippen LogP contribution is -2.30. The number of H-pyrrole nitrogens is 1. The zero-order valence-electron chi connectivity index (χ0n) is 12.5. The van der Waals surface area contributed by atoms with E-state index in [1.54, 1.807) is 6.20 Å². The van der Waals surface area contributed by atoms with Gasteiger partial charge in [0.25, 0.3) is 0 Å². The van der Waals surface area contributed by atoms with Crippen LogP contribution in [0.1, 0.15) is 24.5 Å². The van der Waals surface area contributed by atoms with Crippen molar-refractivity contribution in [3.05, 3.63) is 41.6 Å². The van der Waals surface area contributed by atoms with E-state index in [1.165, 1.54) is 5.56 Å². The van der Waals surface area contributed by atoms with Gasteiger partial charge in [-0.25, -0.2) is 0 Å². The van der Waals surface area contributed by atoms with Crippen molar-refractivity contribution in [2.24, 2.45) is 0 Å². The van der Waals surface area contributed by atoms with Gasteiger partial charge >= 0.3 is 5.97 Å². The Morgan fingerprint density at radius 3 is 2.90 bits per heavy atom. The largest absolute Gasteiger partial charge is 0.480 e. The van der Waals surface area contributed by atoms with Crippen molar-refractivity contribution < 1.29 is 9.90 Å². The Hall–Kier alpha value is -2.14. The van der Waals surface area contributed by atoms with Crippen LogP contribution in [0.4, 0.5) is 0 Å². The number of aromatic amines is 1. The highest BCUT2D eigenvalue weighted by Gasteiger charge is 2.14. The van der Waals surface area contributed by atoms with E-state index in [0.29, 0.717) is 6.54 Å². The number of aryl methyl sites for hydroxylation is 1. The fraction of sp³-hybridized carbons (Fsp3) is 0.375. The number of hydrogen-bond donors (Lipinski definition) is 2. The molecular weight excluding hydrogens is 266 g/mol. The highest BCUT2D eigenvalue weighted by atomic mass is 16.4. The summed E-state index contributed by atoms with van der Waals surface area (Å²) in [4.78, 5) is 12.9. The quantitative estimate of drug-likeness (QED) is 0.821. The molecular formula is C16H21N3O2. The van der Waals surface area contributed by atoms with Crippen LogP contribution in [0, 0.1) is 6.92 Å². The van der Waals surface area contributed by atoms with E-state index >= 15 is 0 Å². The first-order chi connectivity index (χ1) is 10.1. The summed E-state index contributed by atoms with van der Waals surface area (Å²) in [6, 6.07) is 8.19. The Morgan fingerprint density at radius 1 is 1.43 bits per heavy atom. The Kier molecular flexibility index (Phi) is 5.11. The third-order valence-electron chi connectivity index (χ3n) is 3.32. The molecule has 0 unspecified atom stereocenters. The Balaban J connectivity index is 2.21. The standard InChI is InChI=1S/C16H21N3O2/c1-3-7-19(11-15(20)21)10-14-9-17-18-16(14)13-6-4-5-12(2)8-13/h4-6,8-9H,3,7,10-11H2,1-2H3,(H,17,18)(H,20,21). The maximum absolute atomic E-state index is 10.9. The Bertz CT molecular complexity index is 607. The fourth-order valence-corrected chi connectivity index (χ4v) is 2.44. The maximum atomic E-state index is 10.9. The van der Waals surface area contributed by atoms with Crippen molar-refractivity contribution in [2.45, 2.75) is 26.8 Å². The zero-order valence-corrected chi connectivity index (χ0v) is 12.5. The number of aliphatic carboxylic acids is 1. The topological polar surface area (TPSA) is 69.2 Å². The van der Waals surface area contributed by atoms with E-state index in [0.717, 1.165) is 29.8 Å². The normalized spacial score (nSPS) is 11.0. The molecule has 5 nitrogen and oxygen atoms in total. The number of carboxylic acid groups (broad SMARTS) is 1. The molecule has 0 aliphatic rings. The number of nitrogens with one attached hydrogen (secondary N) is 1. The highest BCUT2D eigenvalue weighted by molar-refractivity contribution is 5.69.